The van der Waals surface area contributed by atoms with Crippen molar-refractivity contribution in [3.8, 4) is 0 Å². The second kappa shape index (κ2) is 7.38. The molecule has 112 valence electrons. The third-order valence-electron chi connectivity index (χ3n) is 3.44. The molecule has 0 aliphatic heterocycles. The molecule has 0 amide bonds. The topological polar surface area (TPSA) is 38.3 Å². The molecule has 4 heteroatoms. The second-order valence-corrected chi connectivity index (χ2v) is 6.11. The van der Waals surface area contributed by atoms with Crippen LogP contribution in [-0.4, -0.2) is 13.1 Å². The highest BCUT2D eigenvalue weighted by Gasteiger charge is 2.23. The van der Waals surface area contributed by atoms with E-state index in [9.17, 15) is 4.79 Å². The molecule has 2 rings (SSSR count). The van der Waals surface area contributed by atoms with Crippen molar-refractivity contribution >= 4 is 17.3 Å². The van der Waals surface area contributed by atoms with Gasteiger partial charge in [0.25, 0.3) is 0 Å². The minimum atomic E-state index is -0.446. The number of benzene rings is 1. The summed E-state index contributed by atoms with van der Waals surface area (Å²) in [6, 6.07) is 13.6. The summed E-state index contributed by atoms with van der Waals surface area (Å²) < 4.78 is 4.93. The van der Waals surface area contributed by atoms with E-state index in [0.29, 0.717) is 0 Å². The number of carbonyl (C=O) groups is 1. The van der Waals surface area contributed by atoms with Gasteiger partial charge in [0.1, 0.15) is 6.04 Å². The van der Waals surface area contributed by atoms with Gasteiger partial charge in [0.05, 0.1) is 7.11 Å². The van der Waals surface area contributed by atoms with E-state index in [1.807, 2.05) is 30.3 Å². The van der Waals surface area contributed by atoms with E-state index in [1.54, 1.807) is 11.3 Å². The van der Waals surface area contributed by atoms with Crippen molar-refractivity contribution in [2.45, 2.75) is 32.4 Å². The highest BCUT2D eigenvalue weighted by molar-refractivity contribution is 7.12. The Morgan fingerprint density at radius 2 is 1.95 bits per heavy atom. The fraction of sp³-hybridized carbons (Fsp3) is 0.353. The first kappa shape index (κ1) is 15.7. The predicted octanol–water partition coefficient (Wildman–Crippen LogP) is 3.88. The van der Waals surface area contributed by atoms with E-state index >= 15 is 0 Å². The lowest BCUT2D eigenvalue weighted by atomic mass is 10.1. The summed E-state index contributed by atoms with van der Waals surface area (Å²) in [5.41, 5.74) is 0.920. The number of methoxy groups -OCH3 is 1. The summed E-state index contributed by atoms with van der Waals surface area (Å²) >= 11 is 1.78. The SMILES string of the molecule is CCc1ccc(C(C)NC(C(=O)OC)c2ccccc2)s1. The van der Waals surface area contributed by atoms with E-state index < -0.39 is 6.04 Å². The Balaban J connectivity index is 2.17. The van der Waals surface area contributed by atoms with Gasteiger partial charge in [0.2, 0.25) is 0 Å². The van der Waals surface area contributed by atoms with Crippen LogP contribution in [0.5, 0.6) is 0 Å². The van der Waals surface area contributed by atoms with Crippen molar-refractivity contribution in [2.24, 2.45) is 0 Å². The molecule has 0 aliphatic carbocycles. The first-order valence-corrected chi connectivity index (χ1v) is 7.94. The van der Waals surface area contributed by atoms with Crippen LogP contribution in [0.3, 0.4) is 0 Å². The maximum atomic E-state index is 12.1. The Morgan fingerprint density at radius 1 is 1.24 bits per heavy atom. The monoisotopic (exact) mass is 303 g/mol. The highest BCUT2D eigenvalue weighted by atomic mass is 32.1. The van der Waals surface area contributed by atoms with Gasteiger partial charge >= 0.3 is 5.97 Å². The van der Waals surface area contributed by atoms with Crippen LogP contribution in [0, 0.1) is 0 Å². The summed E-state index contributed by atoms with van der Waals surface area (Å²) in [5, 5.41) is 3.37. The van der Waals surface area contributed by atoms with Crippen LogP contribution in [0.4, 0.5) is 0 Å². The zero-order valence-electron chi connectivity index (χ0n) is 12.6. The fourth-order valence-corrected chi connectivity index (χ4v) is 3.18. The molecule has 0 radical (unpaired) electrons. The van der Waals surface area contributed by atoms with Crippen LogP contribution in [-0.2, 0) is 16.0 Å². The number of nitrogens with one attached hydrogen (secondary N) is 1. The van der Waals surface area contributed by atoms with E-state index in [1.165, 1.54) is 16.9 Å². The summed E-state index contributed by atoms with van der Waals surface area (Å²) in [7, 11) is 1.42. The largest absolute Gasteiger partial charge is 0.468 e. The number of rotatable bonds is 6. The number of esters is 1. The van der Waals surface area contributed by atoms with Gasteiger partial charge < -0.3 is 4.74 Å². The third kappa shape index (κ3) is 3.93. The maximum Gasteiger partial charge on any atom is 0.327 e. The van der Waals surface area contributed by atoms with Gasteiger partial charge in [-0.05, 0) is 31.0 Å². The fourth-order valence-electron chi connectivity index (χ4n) is 2.21. The average molecular weight is 303 g/mol. The molecule has 2 unspecified atom stereocenters. The van der Waals surface area contributed by atoms with E-state index in [4.69, 9.17) is 4.74 Å². The van der Waals surface area contributed by atoms with Crippen molar-refractivity contribution in [3.63, 3.8) is 0 Å². The van der Waals surface area contributed by atoms with Crippen molar-refractivity contribution in [1.29, 1.82) is 0 Å². The van der Waals surface area contributed by atoms with Crippen molar-refractivity contribution in [2.75, 3.05) is 7.11 Å². The Morgan fingerprint density at radius 3 is 2.52 bits per heavy atom. The van der Waals surface area contributed by atoms with Gasteiger partial charge in [-0.15, -0.1) is 11.3 Å². The Kier molecular flexibility index (Phi) is 5.53. The molecule has 0 fully saturated rings. The molecular formula is C17H21NO2S. The van der Waals surface area contributed by atoms with Gasteiger partial charge in [-0.25, -0.2) is 4.79 Å². The molecule has 0 aliphatic rings. The number of thiophene rings is 1. The van der Waals surface area contributed by atoms with Crippen LogP contribution in [0.1, 0.15) is 41.2 Å². The number of ether oxygens (including phenoxy) is 1. The first-order valence-electron chi connectivity index (χ1n) is 7.13. The van der Waals surface area contributed by atoms with Crippen molar-refractivity contribution in [3.05, 3.63) is 57.8 Å². The molecule has 1 N–H and O–H groups in total. The number of carbonyl (C=O) groups excluding carboxylic acids is 1. The van der Waals surface area contributed by atoms with Crippen LogP contribution in [0.2, 0.25) is 0 Å². The van der Waals surface area contributed by atoms with Crippen LogP contribution < -0.4 is 5.32 Å². The zero-order valence-corrected chi connectivity index (χ0v) is 13.4. The normalized spacial score (nSPS) is 13.7. The van der Waals surface area contributed by atoms with E-state index in [0.717, 1.165) is 12.0 Å². The van der Waals surface area contributed by atoms with Crippen molar-refractivity contribution < 1.29 is 9.53 Å². The van der Waals surface area contributed by atoms with E-state index in [2.05, 4.69) is 31.3 Å². The molecule has 1 aromatic heterocycles. The smallest absolute Gasteiger partial charge is 0.327 e. The van der Waals surface area contributed by atoms with Crippen LogP contribution in [0.15, 0.2) is 42.5 Å². The summed E-state index contributed by atoms with van der Waals surface area (Å²) in [6.07, 6.45) is 1.04. The maximum absolute atomic E-state index is 12.1. The molecule has 21 heavy (non-hydrogen) atoms. The molecule has 2 aromatic rings. The third-order valence-corrected chi connectivity index (χ3v) is 4.86. The predicted molar refractivity (Wildman–Crippen MR) is 86.4 cm³/mol. The number of hydrogen-bond donors (Lipinski definition) is 1. The molecular weight excluding hydrogens is 282 g/mol. The molecule has 0 bridgehead atoms. The summed E-state index contributed by atoms with van der Waals surface area (Å²) in [4.78, 5) is 14.6. The van der Waals surface area contributed by atoms with Crippen LogP contribution in [0.25, 0.3) is 0 Å². The van der Waals surface area contributed by atoms with Gasteiger partial charge in [0, 0.05) is 15.8 Å². The lowest BCUT2D eigenvalue weighted by molar-refractivity contribution is -0.143. The molecule has 1 aromatic carbocycles. The van der Waals surface area contributed by atoms with Gasteiger partial charge in [-0.3, -0.25) is 5.32 Å². The minimum absolute atomic E-state index is 0.0969. The second-order valence-electron chi connectivity index (χ2n) is 4.91. The number of aryl methyl sites for hydroxylation is 1. The standard InChI is InChI=1S/C17H21NO2S/c1-4-14-10-11-15(21-14)12(2)18-16(17(19)20-3)13-8-6-5-7-9-13/h5-12,16,18H,4H2,1-3H3. The minimum Gasteiger partial charge on any atom is -0.468 e. The summed E-state index contributed by atoms with van der Waals surface area (Å²) in [5.74, 6) is -0.264. The Bertz CT molecular complexity index is 579. The molecule has 1 heterocycles. The van der Waals surface area contributed by atoms with Gasteiger partial charge in [-0.1, -0.05) is 37.3 Å². The highest BCUT2D eigenvalue weighted by Crippen LogP contribution is 2.26. The summed E-state index contributed by atoms with van der Waals surface area (Å²) in [6.45, 7) is 4.22. The lowest BCUT2D eigenvalue weighted by Gasteiger charge is -2.21. The van der Waals surface area contributed by atoms with Crippen molar-refractivity contribution in [1.82, 2.24) is 5.32 Å². The molecule has 3 nitrogen and oxygen atoms in total. The molecule has 0 saturated carbocycles. The lowest BCUT2D eigenvalue weighted by Crippen LogP contribution is -2.31. The molecule has 0 saturated heterocycles. The van der Waals surface area contributed by atoms with Gasteiger partial charge in [-0.2, -0.15) is 0 Å². The Hall–Kier alpha value is -1.65. The molecule has 0 spiro atoms. The van der Waals surface area contributed by atoms with E-state index in [-0.39, 0.29) is 12.0 Å². The van der Waals surface area contributed by atoms with Gasteiger partial charge in [0.15, 0.2) is 0 Å². The number of hydrogen-bond acceptors (Lipinski definition) is 4. The molecule has 2 atom stereocenters. The first-order chi connectivity index (χ1) is 10.2. The average Bonchev–Trinajstić information content (AvgIpc) is 3.01. The zero-order chi connectivity index (χ0) is 15.2. The Labute approximate surface area is 130 Å². The quantitative estimate of drug-likeness (QED) is 0.823. The van der Waals surface area contributed by atoms with Crippen LogP contribution >= 0.6 is 11.3 Å².